The fourth-order valence-corrected chi connectivity index (χ4v) is 2.88. The van der Waals surface area contributed by atoms with Crippen LogP contribution in [-0.2, 0) is 0 Å². The van der Waals surface area contributed by atoms with Gasteiger partial charge in [0.1, 0.15) is 6.61 Å². The van der Waals surface area contributed by atoms with E-state index in [4.69, 9.17) is 9.47 Å². The fraction of sp³-hybridized carbons (Fsp3) is 0.562. The van der Waals surface area contributed by atoms with Crippen LogP contribution in [0.3, 0.4) is 0 Å². The lowest BCUT2D eigenvalue weighted by Gasteiger charge is -2.32. The second-order valence-electron chi connectivity index (χ2n) is 5.82. The van der Waals surface area contributed by atoms with Crippen LogP contribution in [0, 0.1) is 5.92 Å². The van der Waals surface area contributed by atoms with E-state index in [1.54, 1.807) is 4.90 Å². The van der Waals surface area contributed by atoms with Gasteiger partial charge in [-0.25, -0.2) is 4.79 Å². The highest BCUT2D eigenvalue weighted by molar-refractivity contribution is 5.74. The Hall–Kier alpha value is -1.95. The van der Waals surface area contributed by atoms with Crippen molar-refractivity contribution in [2.75, 3.05) is 32.8 Å². The lowest BCUT2D eigenvalue weighted by molar-refractivity contribution is 0.0874. The molecule has 6 heteroatoms. The molecule has 0 bridgehead atoms. The number of hydrogen-bond acceptors (Lipinski definition) is 4. The number of aliphatic hydroxyl groups is 1. The van der Waals surface area contributed by atoms with Gasteiger partial charge in [-0.05, 0) is 30.9 Å². The molecule has 1 aromatic rings. The van der Waals surface area contributed by atoms with Gasteiger partial charge in [-0.15, -0.1) is 0 Å². The zero-order chi connectivity index (χ0) is 15.4. The van der Waals surface area contributed by atoms with E-state index in [1.807, 2.05) is 24.3 Å². The second-order valence-corrected chi connectivity index (χ2v) is 5.82. The van der Waals surface area contributed by atoms with Crippen LogP contribution in [0.5, 0.6) is 11.5 Å². The Kier molecular flexibility index (Phi) is 4.68. The van der Waals surface area contributed by atoms with Gasteiger partial charge >= 0.3 is 6.03 Å². The Balaban J connectivity index is 1.48. The molecule has 22 heavy (non-hydrogen) atoms. The molecule has 1 aromatic carbocycles. The third-order valence-electron chi connectivity index (χ3n) is 4.11. The molecule has 2 amide bonds. The normalized spacial score (nSPS) is 24.0. The zero-order valence-electron chi connectivity index (χ0n) is 12.5. The van der Waals surface area contributed by atoms with Crippen LogP contribution in [0.1, 0.15) is 12.8 Å². The lowest BCUT2D eigenvalue weighted by atomic mass is 9.99. The number of carbonyl (C=O) groups is 1. The first kappa shape index (κ1) is 15.0. The highest BCUT2D eigenvalue weighted by Crippen LogP contribution is 2.30. The first-order chi connectivity index (χ1) is 10.8. The Morgan fingerprint density at radius 3 is 3.00 bits per heavy atom. The number of piperidine rings is 1. The summed E-state index contributed by atoms with van der Waals surface area (Å²) in [5, 5.41) is 12.1. The summed E-state index contributed by atoms with van der Waals surface area (Å²) in [5.41, 5.74) is 0. The Labute approximate surface area is 130 Å². The summed E-state index contributed by atoms with van der Waals surface area (Å²) in [4.78, 5) is 14.0. The highest BCUT2D eigenvalue weighted by atomic mass is 16.6. The number of rotatable bonds is 3. The zero-order valence-corrected chi connectivity index (χ0v) is 12.5. The molecule has 2 unspecified atom stereocenters. The highest BCUT2D eigenvalue weighted by Gasteiger charge is 2.25. The molecule has 2 aliphatic rings. The number of likely N-dealkylation sites (tertiary alicyclic amines) is 1. The number of aliphatic hydroxyl groups excluding tert-OH is 1. The summed E-state index contributed by atoms with van der Waals surface area (Å²) >= 11 is 0. The Morgan fingerprint density at radius 1 is 1.36 bits per heavy atom. The third kappa shape index (κ3) is 3.44. The molecule has 3 rings (SSSR count). The Morgan fingerprint density at radius 2 is 2.18 bits per heavy atom. The molecule has 0 saturated carbocycles. The molecule has 0 radical (unpaired) electrons. The predicted octanol–water partition coefficient (Wildman–Crippen LogP) is 1.24. The van der Waals surface area contributed by atoms with Crippen LogP contribution in [-0.4, -0.2) is 55.0 Å². The summed E-state index contributed by atoms with van der Waals surface area (Å²) in [7, 11) is 0. The molecule has 2 atom stereocenters. The third-order valence-corrected chi connectivity index (χ3v) is 4.11. The molecule has 0 spiro atoms. The van der Waals surface area contributed by atoms with Crippen molar-refractivity contribution in [3.05, 3.63) is 24.3 Å². The smallest absolute Gasteiger partial charge is 0.317 e. The van der Waals surface area contributed by atoms with Gasteiger partial charge in [0, 0.05) is 19.7 Å². The lowest BCUT2D eigenvalue weighted by Crippen LogP contribution is -2.49. The van der Waals surface area contributed by atoms with E-state index in [2.05, 4.69) is 5.32 Å². The first-order valence-corrected chi connectivity index (χ1v) is 7.78. The van der Waals surface area contributed by atoms with E-state index in [0.29, 0.717) is 25.4 Å². The van der Waals surface area contributed by atoms with Crippen molar-refractivity contribution in [3.8, 4) is 11.5 Å². The van der Waals surface area contributed by atoms with Crippen molar-refractivity contribution >= 4 is 6.03 Å². The maximum atomic E-state index is 12.2. The maximum absolute atomic E-state index is 12.2. The van der Waals surface area contributed by atoms with Crippen molar-refractivity contribution < 1.29 is 19.4 Å². The van der Waals surface area contributed by atoms with Crippen molar-refractivity contribution in [3.63, 3.8) is 0 Å². The van der Waals surface area contributed by atoms with Gasteiger partial charge in [-0.2, -0.15) is 0 Å². The van der Waals surface area contributed by atoms with E-state index in [-0.39, 0.29) is 24.7 Å². The SMILES string of the molecule is O=C(NCC1COc2ccccc2O1)N1CCCC(CO)C1. The number of ether oxygens (including phenoxy) is 2. The topological polar surface area (TPSA) is 71.0 Å². The second kappa shape index (κ2) is 6.87. The van der Waals surface area contributed by atoms with Gasteiger partial charge in [0.15, 0.2) is 17.6 Å². The molecule has 2 aliphatic heterocycles. The van der Waals surface area contributed by atoms with Crippen LogP contribution in [0.25, 0.3) is 0 Å². The maximum Gasteiger partial charge on any atom is 0.317 e. The molecule has 6 nitrogen and oxygen atoms in total. The van der Waals surface area contributed by atoms with Crippen LogP contribution >= 0.6 is 0 Å². The van der Waals surface area contributed by atoms with E-state index in [1.165, 1.54) is 0 Å². The number of nitrogens with zero attached hydrogens (tertiary/aromatic N) is 1. The van der Waals surface area contributed by atoms with Gasteiger partial charge in [0.25, 0.3) is 0 Å². The number of hydrogen-bond donors (Lipinski definition) is 2. The summed E-state index contributed by atoms with van der Waals surface area (Å²) in [6.45, 7) is 2.34. The van der Waals surface area contributed by atoms with Crippen molar-refractivity contribution in [2.24, 2.45) is 5.92 Å². The molecule has 2 N–H and O–H groups in total. The summed E-state index contributed by atoms with van der Waals surface area (Å²) in [5.74, 6) is 1.65. The van der Waals surface area contributed by atoms with Crippen LogP contribution in [0.15, 0.2) is 24.3 Å². The van der Waals surface area contributed by atoms with Crippen LogP contribution < -0.4 is 14.8 Å². The van der Waals surface area contributed by atoms with Crippen molar-refractivity contribution in [1.29, 1.82) is 0 Å². The average molecular weight is 306 g/mol. The predicted molar refractivity (Wildman–Crippen MR) is 81.1 cm³/mol. The minimum atomic E-state index is -0.183. The van der Waals surface area contributed by atoms with Crippen LogP contribution in [0.4, 0.5) is 4.79 Å². The van der Waals surface area contributed by atoms with Gasteiger partial charge in [-0.3, -0.25) is 0 Å². The van der Waals surface area contributed by atoms with E-state index < -0.39 is 0 Å². The molecular formula is C16H22N2O4. The molecule has 1 saturated heterocycles. The summed E-state index contributed by atoms with van der Waals surface area (Å²) < 4.78 is 11.4. The van der Waals surface area contributed by atoms with Gasteiger partial charge in [0.05, 0.1) is 6.54 Å². The van der Waals surface area contributed by atoms with E-state index in [0.717, 1.165) is 25.1 Å². The number of nitrogens with one attached hydrogen (secondary N) is 1. The molecule has 120 valence electrons. The van der Waals surface area contributed by atoms with Crippen molar-refractivity contribution in [1.82, 2.24) is 10.2 Å². The molecule has 0 aromatic heterocycles. The van der Waals surface area contributed by atoms with Gasteiger partial charge in [-0.1, -0.05) is 12.1 Å². The fourth-order valence-electron chi connectivity index (χ4n) is 2.88. The minimum absolute atomic E-state index is 0.0967. The number of carbonyl (C=O) groups excluding carboxylic acids is 1. The number of amides is 2. The standard InChI is InChI=1S/C16H22N2O4/c19-10-12-4-3-7-18(9-12)16(20)17-8-13-11-21-14-5-1-2-6-15(14)22-13/h1-2,5-6,12-13,19H,3-4,7-11H2,(H,17,20). The van der Waals surface area contributed by atoms with E-state index >= 15 is 0 Å². The Bertz CT molecular complexity index is 523. The molecule has 0 aliphatic carbocycles. The van der Waals surface area contributed by atoms with Gasteiger partial charge < -0.3 is 24.8 Å². The number of para-hydroxylation sites is 2. The monoisotopic (exact) mass is 306 g/mol. The van der Waals surface area contributed by atoms with E-state index in [9.17, 15) is 9.90 Å². The minimum Gasteiger partial charge on any atom is -0.486 e. The number of urea groups is 1. The number of fused-ring (bicyclic) bond motifs is 1. The molecular weight excluding hydrogens is 284 g/mol. The average Bonchev–Trinajstić information content (AvgIpc) is 2.59. The number of benzene rings is 1. The largest absolute Gasteiger partial charge is 0.486 e. The summed E-state index contributed by atoms with van der Waals surface area (Å²) in [6.07, 6.45) is 1.74. The van der Waals surface area contributed by atoms with Crippen molar-refractivity contribution in [2.45, 2.75) is 18.9 Å². The molecule has 2 heterocycles. The van der Waals surface area contributed by atoms with Gasteiger partial charge in [0.2, 0.25) is 0 Å². The molecule has 1 fully saturated rings. The summed E-state index contributed by atoms with van der Waals surface area (Å²) in [6, 6.07) is 7.43. The van der Waals surface area contributed by atoms with Crippen LogP contribution in [0.2, 0.25) is 0 Å². The quantitative estimate of drug-likeness (QED) is 0.881. The first-order valence-electron chi connectivity index (χ1n) is 7.78.